The topological polar surface area (TPSA) is 802 Å². The third kappa shape index (κ3) is 27.4. The quantitative estimate of drug-likeness (QED) is 0.0112. The lowest BCUT2D eigenvalue weighted by Gasteiger charge is -2.32. The van der Waals surface area contributed by atoms with Crippen molar-refractivity contribution in [3.05, 3.63) is 184 Å². The minimum Gasteiger partial charge on any atom is -0.790 e. The van der Waals surface area contributed by atoms with Crippen LogP contribution in [0.5, 0.6) is 0 Å². The average molecular weight is 2010 g/mol. The van der Waals surface area contributed by atoms with E-state index < -0.39 is 180 Å². The van der Waals surface area contributed by atoms with Gasteiger partial charge in [-0.2, -0.15) is 27.4 Å². The number of nitrogen functional groups attached to an aromatic ring is 4. The fourth-order valence-corrected chi connectivity index (χ4v) is 18.0. The molecule has 10 aromatic rings. The first-order valence-electron chi connectivity index (χ1n) is 39.9. The number of thiazole rings is 2. The lowest BCUT2D eigenvalue weighted by molar-refractivity contribution is -0.343. The molecule has 730 valence electrons. The van der Waals surface area contributed by atoms with Crippen LogP contribution in [0.3, 0.4) is 0 Å². The van der Waals surface area contributed by atoms with Gasteiger partial charge in [0.05, 0.1) is 105 Å². The second-order valence-corrected chi connectivity index (χ2v) is 35.8. The summed E-state index contributed by atoms with van der Waals surface area (Å²) < 4.78 is 119. The number of allylic oxidation sites excluding steroid dienone is 2. The van der Waals surface area contributed by atoms with Crippen LogP contribution in [-0.4, -0.2) is 206 Å². The molecule has 4 saturated heterocycles. The number of nitrogens with two attached hydrogens (primary N) is 4. The predicted molar refractivity (Wildman–Crippen MR) is 464 cm³/mol. The van der Waals surface area contributed by atoms with E-state index in [-0.39, 0.29) is 129 Å². The summed E-state index contributed by atoms with van der Waals surface area (Å²) in [5.41, 5.74) is 22.6. The van der Waals surface area contributed by atoms with Gasteiger partial charge >= 0.3 is 23.3 Å². The van der Waals surface area contributed by atoms with Crippen LogP contribution in [0.1, 0.15) is 127 Å². The molecule has 53 nitrogen and oxygen atoms in total. The highest BCUT2D eigenvalue weighted by Gasteiger charge is 2.52. The highest BCUT2D eigenvalue weighted by Crippen LogP contribution is 2.50. The minimum absolute atomic E-state index is 0. The van der Waals surface area contributed by atoms with Gasteiger partial charge in [0.1, 0.15) is 94.4 Å². The van der Waals surface area contributed by atoms with Crippen LogP contribution in [0.25, 0.3) is 43.2 Å². The van der Waals surface area contributed by atoms with E-state index in [0.29, 0.717) is 35.1 Å². The molecule has 136 heavy (non-hydrogen) atoms. The van der Waals surface area contributed by atoms with Gasteiger partial charge in [-0.15, -0.1) is 35.8 Å². The van der Waals surface area contributed by atoms with E-state index in [0.717, 1.165) is 44.5 Å². The number of esters is 2. The zero-order valence-corrected chi connectivity index (χ0v) is 75.9. The molecule has 0 bridgehead atoms. The van der Waals surface area contributed by atoms with Crippen LogP contribution in [0.15, 0.2) is 133 Å². The summed E-state index contributed by atoms with van der Waals surface area (Å²) in [6.07, 6.45) is -11.6. The maximum Gasteiger partial charge on any atom is 0.358 e. The zero-order valence-electron chi connectivity index (χ0n) is 70.7. The van der Waals surface area contributed by atoms with E-state index in [1.54, 1.807) is 50.3 Å². The van der Waals surface area contributed by atoms with E-state index in [1.807, 2.05) is 12.1 Å². The van der Waals surface area contributed by atoms with E-state index >= 15 is 0 Å². The van der Waals surface area contributed by atoms with Gasteiger partial charge in [0, 0.05) is 44.7 Å². The fourth-order valence-electron chi connectivity index (χ4n) is 13.5. The number of nitrogens with zero attached hydrogens (tertiary/aromatic N) is 16. The van der Waals surface area contributed by atoms with Crippen LogP contribution in [0, 0.1) is 29.6 Å². The number of imidazole rings is 2. The summed E-state index contributed by atoms with van der Waals surface area (Å²) in [4.78, 5) is 189. The molecule has 0 aliphatic carbocycles. The molecule has 4 aliphatic heterocycles. The van der Waals surface area contributed by atoms with Crippen molar-refractivity contribution in [1.29, 1.82) is 10.5 Å². The minimum atomic E-state index is -5.61. The number of fused-ring (bicyclic) bond motifs is 2. The van der Waals surface area contributed by atoms with E-state index in [1.165, 1.54) is 70.6 Å². The molecule has 0 spiro atoms. The number of carbonyl (C=O) groups excluding carboxylic acids is 4. The van der Waals surface area contributed by atoms with Crippen molar-refractivity contribution in [3.63, 3.8) is 0 Å². The zero-order chi connectivity index (χ0) is 98.0. The van der Waals surface area contributed by atoms with E-state index in [9.17, 15) is 97.1 Å². The number of benzene rings is 2. The van der Waals surface area contributed by atoms with Crippen LogP contribution >= 0.6 is 54.0 Å². The first-order chi connectivity index (χ1) is 64.3. The number of aliphatic hydroxyl groups is 3. The van der Waals surface area contributed by atoms with Crippen molar-refractivity contribution >= 4 is 123 Å². The Morgan fingerprint density at radius 2 is 0.949 bits per heavy atom. The maximum absolute atomic E-state index is 14.2. The van der Waals surface area contributed by atoms with Gasteiger partial charge in [-0.05, 0) is 67.3 Å². The van der Waals surface area contributed by atoms with Gasteiger partial charge in [-0.25, -0.2) is 59.0 Å². The monoisotopic (exact) mass is 2000 g/mol. The van der Waals surface area contributed by atoms with Crippen molar-refractivity contribution in [2.45, 2.75) is 159 Å². The number of aromatic nitrogens is 14. The fraction of sp³-hybridized carbons (Fsp3) is 0.390. The largest absolute Gasteiger partial charge is 0.790 e. The number of hydrogen-bond donors (Lipinski definition) is 10. The van der Waals surface area contributed by atoms with Gasteiger partial charge in [0.2, 0.25) is 11.8 Å². The van der Waals surface area contributed by atoms with Crippen LogP contribution in [0.4, 0.5) is 23.3 Å². The number of anilines is 4. The standard InChI is InChI=1S/2C36H39N11O15P2S.C2H6O.C2H5.CH4/c2*1-2-3-4-24(48)40-13-25-45-27(31(65-25)19-7-5-18(12-37)6-8-19)35(50)61-30-22(60-34(29(30)49)47-17-43-28-32(39)41-16-42-33(28)47)15-58-64(55,56)62-20-11-26(46-10-9-23(38)44-36(46)51)59-21(20)14-57-63(52,53)54;1-2-3;1-2;/h2*2,5-10,16-17,20-22,26,29-30,34,49H,1,3-4,11,13-15H2,(H,40,48)(H,55,56)(H2,38,44,51)(H2,39,41,42)(H2,52,53,54);3H,2H2,1H3;1H2,2H3;1H4/q;;;-1;/p-5/t2*20?,21-,22-,26-,29+,30?,34-;;;/m11.../s1. The van der Waals surface area contributed by atoms with Crippen molar-refractivity contribution in [1.82, 2.24) is 78.7 Å². The van der Waals surface area contributed by atoms with Gasteiger partial charge < -0.3 is 145 Å². The molecule has 0 radical (unpaired) electrons. The molecule has 14 N–H and O–H groups in total. The Labute approximate surface area is 778 Å². The van der Waals surface area contributed by atoms with E-state index in [2.05, 4.69) is 89.6 Å². The van der Waals surface area contributed by atoms with Crippen molar-refractivity contribution in [2.75, 3.05) is 56.0 Å². The van der Waals surface area contributed by atoms with Gasteiger partial charge in [0.15, 0.2) is 59.0 Å². The smallest absolute Gasteiger partial charge is 0.358 e. The molecule has 2 aromatic carbocycles. The SMILES string of the molecule is C.C=CCCC(=O)NCc1nc(C(=O)OC2[C@@H](COP(=O)([O-])OC3C[C@H](n4ccc(N)nc4=O)O[C@@H]3COP(=O)([O-])O)O[C@@H](n3cnc4c(N)ncnc43)[C@H]2O)c(-c2ccc(C#N)cc2)s1.C=CCCC(=O)NCc1nc(C(=O)OC2[C@@H](COP(=O)([O-])OC3C[C@H](n4ccc(N)nc4=O)O[C@@H]3COP(=O)([O-])[O-])O[C@@H](n3cnc4c(N)ncnc43)[C@H]2O)c(-c2ccc(C#N)cc2)s1.CCO.[CH2-]C. The molecule has 14 rings (SSSR count). The first-order valence-corrected chi connectivity index (χ1v) is 47.4. The molecule has 2 amide bonds. The molecule has 8 aromatic heterocycles. The second kappa shape index (κ2) is 47.3. The Morgan fingerprint density at radius 3 is 1.30 bits per heavy atom. The maximum atomic E-state index is 14.2. The number of ether oxygens (including phenoxy) is 6. The van der Waals surface area contributed by atoms with Crippen LogP contribution < -0.4 is 69.4 Å². The summed E-state index contributed by atoms with van der Waals surface area (Å²) >= 11 is 2.08. The number of nitriles is 2. The summed E-state index contributed by atoms with van der Waals surface area (Å²) in [6, 6.07) is 18.8. The Hall–Kier alpha value is -11.7. The van der Waals surface area contributed by atoms with Crippen molar-refractivity contribution in [2.24, 2.45) is 0 Å². The van der Waals surface area contributed by atoms with E-state index in [4.69, 9.17) is 74.6 Å². The Balaban J connectivity index is 0.000000267. The van der Waals surface area contributed by atoms with Gasteiger partial charge in [-0.3, -0.25) is 41.6 Å². The van der Waals surface area contributed by atoms with Crippen LogP contribution in [0.2, 0.25) is 0 Å². The highest BCUT2D eigenvalue weighted by molar-refractivity contribution is 7.46. The van der Waals surface area contributed by atoms with Crippen molar-refractivity contribution < 1.29 is 138 Å². The lowest BCUT2D eigenvalue weighted by Crippen LogP contribution is -2.39. The van der Waals surface area contributed by atoms with Gasteiger partial charge in [-0.1, -0.05) is 43.8 Å². The molecule has 12 heterocycles. The summed E-state index contributed by atoms with van der Waals surface area (Å²) in [6.45, 7) is 10.0. The molecule has 4 aliphatic rings. The molecule has 0 saturated carbocycles. The number of aliphatic hydroxyl groups excluding tert-OH is 3. The molecular weight excluding hydrogens is 1920 g/mol. The average Bonchev–Trinajstić information content (AvgIpc) is 1.61. The van der Waals surface area contributed by atoms with Crippen molar-refractivity contribution in [3.8, 4) is 33.0 Å². The molecule has 7 unspecified atom stereocenters. The van der Waals surface area contributed by atoms with Gasteiger partial charge in [0.25, 0.3) is 23.5 Å². The number of amides is 2. The number of rotatable bonds is 36. The summed E-state index contributed by atoms with van der Waals surface area (Å²) in [5.74, 6) is -3.15. The highest BCUT2D eigenvalue weighted by atomic mass is 32.1. The predicted octanol–water partition coefficient (Wildman–Crippen LogP) is 0.731. The Morgan fingerprint density at radius 1 is 0.574 bits per heavy atom. The van der Waals surface area contributed by atoms with Crippen LogP contribution in [-0.2, 0) is 96.5 Å². The summed E-state index contributed by atoms with van der Waals surface area (Å²) in [7, 11) is -22.0. The number of hydrogen-bond acceptors (Lipinski definition) is 48. The Bertz CT molecular complexity index is 5960. The summed E-state index contributed by atoms with van der Waals surface area (Å²) in [5, 5.41) is 55.8. The number of carbonyl (C=O) groups is 4. The third-order valence-electron chi connectivity index (χ3n) is 19.5. The first kappa shape index (κ1) is 106. The molecule has 17 atom stereocenters. The normalized spacial score (nSPS) is 22.4. The third-order valence-corrected chi connectivity index (χ3v) is 24.7. The second-order valence-electron chi connectivity index (χ2n) is 28.6. The number of nitrogens with one attached hydrogen (secondary N) is 2. The molecular formula is C77H88N22O31P4S2-6. The lowest BCUT2D eigenvalue weighted by atomic mass is 10.1. The molecule has 4 fully saturated rings. The molecule has 59 heteroatoms. The Kier molecular flexibility index (Phi) is 37.0. The number of phosphoric ester groups is 4. The number of phosphoric acid groups is 4.